The minimum atomic E-state index is 0.160. The van der Waals surface area contributed by atoms with E-state index in [0.29, 0.717) is 18.4 Å². The molecule has 0 N–H and O–H groups in total. The second kappa shape index (κ2) is 5.93. The maximum Gasteiger partial charge on any atom is 0.226 e. The lowest BCUT2D eigenvalue weighted by Gasteiger charge is -2.25. The number of hydrogen-bond acceptors (Lipinski definition) is 3. The number of carbonyl (C=O) groups excluding carboxylic acids is 1. The van der Waals surface area contributed by atoms with E-state index in [1.807, 2.05) is 36.2 Å². The molecule has 4 rings (SSSR count). The number of hydrogen-bond donors (Lipinski definition) is 0. The zero-order valence-electron chi connectivity index (χ0n) is 14.1. The summed E-state index contributed by atoms with van der Waals surface area (Å²) in [4.78, 5) is 19.2. The van der Waals surface area contributed by atoms with Gasteiger partial charge in [-0.1, -0.05) is 24.3 Å². The van der Waals surface area contributed by atoms with Crippen molar-refractivity contribution >= 4 is 16.8 Å². The number of methoxy groups -OCH3 is 1. The van der Waals surface area contributed by atoms with Crippen LogP contribution in [-0.2, 0) is 11.3 Å². The number of allylic oxidation sites excluding steroid dienone is 2. The Labute approximate surface area is 142 Å². The van der Waals surface area contributed by atoms with Gasteiger partial charge in [0.1, 0.15) is 11.3 Å². The van der Waals surface area contributed by atoms with E-state index in [2.05, 4.69) is 17.1 Å². The summed E-state index contributed by atoms with van der Waals surface area (Å²) in [6.45, 7) is 0.600. The molecule has 4 nitrogen and oxygen atoms in total. The van der Waals surface area contributed by atoms with Gasteiger partial charge in [0.05, 0.1) is 7.11 Å². The van der Waals surface area contributed by atoms with Crippen molar-refractivity contribution in [3.8, 4) is 5.75 Å². The Morgan fingerprint density at radius 2 is 2.17 bits per heavy atom. The van der Waals surface area contributed by atoms with Crippen LogP contribution in [-0.4, -0.2) is 29.9 Å². The Kier molecular flexibility index (Phi) is 3.75. The Balaban J connectivity index is 1.58. The molecule has 0 unspecified atom stereocenters. The summed E-state index contributed by atoms with van der Waals surface area (Å²) in [5.41, 5.74) is 1.95. The molecule has 1 amide bonds. The van der Waals surface area contributed by atoms with E-state index in [1.54, 1.807) is 13.3 Å². The van der Waals surface area contributed by atoms with Gasteiger partial charge in [-0.3, -0.25) is 9.78 Å². The number of rotatable bonds is 4. The van der Waals surface area contributed by atoms with E-state index in [4.69, 9.17) is 4.74 Å². The van der Waals surface area contributed by atoms with Crippen LogP contribution >= 0.6 is 0 Å². The van der Waals surface area contributed by atoms with E-state index < -0.39 is 0 Å². The first-order chi connectivity index (χ1) is 11.7. The number of ether oxygens (including phenoxy) is 1. The van der Waals surface area contributed by atoms with Gasteiger partial charge in [-0.05, 0) is 42.4 Å². The summed E-state index contributed by atoms with van der Waals surface area (Å²) in [5.74, 6) is 2.25. The van der Waals surface area contributed by atoms with Gasteiger partial charge >= 0.3 is 0 Å². The highest BCUT2D eigenvalue weighted by molar-refractivity contribution is 5.88. The molecule has 0 aliphatic heterocycles. The third-order valence-electron chi connectivity index (χ3n) is 5.42. The number of aromatic nitrogens is 1. The molecule has 2 aliphatic rings. The molecule has 1 aromatic carbocycles. The van der Waals surface area contributed by atoms with Crippen LogP contribution in [0.3, 0.4) is 0 Å². The molecule has 124 valence electrons. The van der Waals surface area contributed by atoms with E-state index in [1.165, 1.54) is 0 Å². The van der Waals surface area contributed by atoms with E-state index in [0.717, 1.165) is 35.1 Å². The third-order valence-corrected chi connectivity index (χ3v) is 5.42. The van der Waals surface area contributed by atoms with Crippen molar-refractivity contribution in [2.24, 2.45) is 17.8 Å². The minimum Gasteiger partial charge on any atom is -0.494 e. The number of amides is 1. The lowest BCUT2D eigenvalue weighted by Crippen LogP contribution is -2.34. The molecule has 2 aliphatic carbocycles. The van der Waals surface area contributed by atoms with Gasteiger partial charge in [0.15, 0.2) is 0 Å². The monoisotopic (exact) mass is 322 g/mol. The van der Waals surface area contributed by atoms with E-state index in [-0.39, 0.29) is 11.8 Å². The van der Waals surface area contributed by atoms with Gasteiger partial charge in [-0.2, -0.15) is 0 Å². The fraction of sp³-hybridized carbons (Fsp3) is 0.400. The maximum atomic E-state index is 12.9. The summed E-state index contributed by atoms with van der Waals surface area (Å²) < 4.78 is 5.40. The van der Waals surface area contributed by atoms with Crippen LogP contribution in [0.25, 0.3) is 10.9 Å². The van der Waals surface area contributed by atoms with Crippen molar-refractivity contribution in [3.63, 3.8) is 0 Å². The lowest BCUT2D eigenvalue weighted by molar-refractivity contribution is -0.135. The minimum absolute atomic E-state index is 0.160. The lowest BCUT2D eigenvalue weighted by atomic mass is 9.92. The van der Waals surface area contributed by atoms with Crippen LogP contribution < -0.4 is 4.74 Å². The van der Waals surface area contributed by atoms with Gasteiger partial charge in [0, 0.05) is 31.1 Å². The normalized spacial score (nSPS) is 24.5. The predicted octanol–water partition coefficient (Wildman–Crippen LogP) is 3.41. The zero-order chi connectivity index (χ0) is 16.7. The molecule has 1 fully saturated rings. The molecule has 3 atom stereocenters. The van der Waals surface area contributed by atoms with Crippen molar-refractivity contribution in [1.29, 1.82) is 0 Å². The average molecular weight is 322 g/mol. The highest BCUT2D eigenvalue weighted by atomic mass is 16.5. The van der Waals surface area contributed by atoms with Gasteiger partial charge < -0.3 is 9.64 Å². The third kappa shape index (κ3) is 2.46. The van der Waals surface area contributed by atoms with Crippen molar-refractivity contribution in [2.45, 2.75) is 19.4 Å². The highest BCUT2D eigenvalue weighted by Crippen LogP contribution is 2.44. The van der Waals surface area contributed by atoms with Crippen molar-refractivity contribution in [2.75, 3.05) is 14.2 Å². The van der Waals surface area contributed by atoms with Crippen LogP contribution in [0.4, 0.5) is 0 Å². The quantitative estimate of drug-likeness (QED) is 0.810. The molecule has 2 aromatic rings. The Hall–Kier alpha value is -2.36. The Morgan fingerprint density at radius 1 is 1.29 bits per heavy atom. The summed E-state index contributed by atoms with van der Waals surface area (Å²) in [6.07, 6.45) is 8.44. The predicted molar refractivity (Wildman–Crippen MR) is 93.6 cm³/mol. The number of fused-ring (bicyclic) bond motifs is 3. The number of benzene rings is 1. The summed E-state index contributed by atoms with van der Waals surface area (Å²) in [5, 5.41) is 1.05. The van der Waals surface area contributed by atoms with Crippen LogP contribution in [0.5, 0.6) is 5.75 Å². The molecule has 24 heavy (non-hydrogen) atoms. The Morgan fingerprint density at radius 3 is 2.88 bits per heavy atom. The van der Waals surface area contributed by atoms with Crippen molar-refractivity contribution in [3.05, 3.63) is 48.2 Å². The highest BCUT2D eigenvalue weighted by Gasteiger charge is 2.40. The number of carbonyl (C=O) groups is 1. The fourth-order valence-electron chi connectivity index (χ4n) is 4.19. The van der Waals surface area contributed by atoms with Crippen molar-refractivity contribution in [1.82, 2.24) is 9.88 Å². The zero-order valence-corrected chi connectivity index (χ0v) is 14.1. The molecule has 1 aromatic heterocycles. The topological polar surface area (TPSA) is 42.4 Å². The molecule has 1 heterocycles. The van der Waals surface area contributed by atoms with Crippen molar-refractivity contribution < 1.29 is 9.53 Å². The molecule has 0 radical (unpaired) electrons. The van der Waals surface area contributed by atoms with Crippen LogP contribution in [0.15, 0.2) is 42.6 Å². The number of nitrogens with zero attached hydrogens (tertiary/aromatic N) is 2. The summed E-state index contributed by atoms with van der Waals surface area (Å²) in [7, 11) is 3.56. The van der Waals surface area contributed by atoms with Gasteiger partial charge in [0.25, 0.3) is 0 Å². The summed E-state index contributed by atoms with van der Waals surface area (Å²) >= 11 is 0. The first-order valence-corrected chi connectivity index (χ1v) is 8.51. The van der Waals surface area contributed by atoms with Gasteiger partial charge in [-0.15, -0.1) is 0 Å². The molecule has 4 heteroatoms. The standard InChI is InChI=1S/C20H22N2O2/c1-22(20(23)17-11-13-5-6-14(17)10-13)12-15-7-8-18(24-2)19-16(15)4-3-9-21-19/h3-9,13-14,17H,10-12H2,1-2H3/t13-,14+,17+/m1/s1. The maximum absolute atomic E-state index is 12.9. The molecule has 2 bridgehead atoms. The van der Waals surface area contributed by atoms with E-state index >= 15 is 0 Å². The first-order valence-electron chi connectivity index (χ1n) is 8.51. The average Bonchev–Trinajstić information content (AvgIpc) is 3.24. The Bertz CT molecular complexity index is 814. The second-order valence-electron chi connectivity index (χ2n) is 6.91. The van der Waals surface area contributed by atoms with Gasteiger partial charge in [0.2, 0.25) is 5.91 Å². The summed E-state index contributed by atoms with van der Waals surface area (Å²) in [6, 6.07) is 7.93. The second-order valence-corrected chi connectivity index (χ2v) is 6.91. The van der Waals surface area contributed by atoms with Crippen LogP contribution in [0, 0.1) is 17.8 Å². The molecular weight excluding hydrogens is 300 g/mol. The van der Waals surface area contributed by atoms with Crippen LogP contribution in [0.2, 0.25) is 0 Å². The largest absolute Gasteiger partial charge is 0.494 e. The first kappa shape index (κ1) is 15.2. The molecule has 0 spiro atoms. The van der Waals surface area contributed by atoms with E-state index in [9.17, 15) is 4.79 Å². The molecule has 1 saturated carbocycles. The van der Waals surface area contributed by atoms with Gasteiger partial charge in [-0.25, -0.2) is 0 Å². The SMILES string of the molecule is COc1ccc(CN(C)C(=O)[C@H]2C[C@@H]3C=C[C@H]2C3)c2cccnc12. The smallest absolute Gasteiger partial charge is 0.226 e. The van der Waals surface area contributed by atoms with Crippen LogP contribution in [0.1, 0.15) is 18.4 Å². The molecular formula is C20H22N2O2. The fourth-order valence-corrected chi connectivity index (χ4v) is 4.19. The number of pyridine rings is 1. The molecule has 0 saturated heterocycles.